The van der Waals surface area contributed by atoms with Gasteiger partial charge in [-0.25, -0.2) is 0 Å². The van der Waals surface area contributed by atoms with Gasteiger partial charge in [-0.15, -0.1) is 0 Å². The van der Waals surface area contributed by atoms with Crippen LogP contribution in [0.15, 0.2) is 24.3 Å². The first kappa shape index (κ1) is 16.3. The lowest BCUT2D eigenvalue weighted by molar-refractivity contribution is 0.0999. The molecule has 0 aliphatic carbocycles. The zero-order valence-corrected chi connectivity index (χ0v) is 14.2. The van der Waals surface area contributed by atoms with Crippen LogP contribution in [0.25, 0.3) is 11.3 Å². The Morgan fingerprint density at radius 2 is 1.77 bits per heavy atom. The van der Waals surface area contributed by atoms with E-state index in [4.69, 9.17) is 5.73 Å². The molecule has 2 N–H and O–H groups in total. The number of benzene rings is 1. The van der Waals surface area contributed by atoms with Crippen LogP contribution in [0.4, 0.5) is 0 Å². The van der Waals surface area contributed by atoms with Gasteiger partial charge in [0.15, 0.2) is 0 Å². The van der Waals surface area contributed by atoms with Crippen LogP contribution in [0, 0.1) is 20.8 Å². The van der Waals surface area contributed by atoms with Gasteiger partial charge in [-0.1, -0.05) is 37.6 Å². The van der Waals surface area contributed by atoms with Crippen LogP contribution in [0.2, 0.25) is 0 Å². The molecule has 0 saturated heterocycles. The Labute approximate surface area is 133 Å². The lowest BCUT2D eigenvalue weighted by Crippen LogP contribution is -2.14. The van der Waals surface area contributed by atoms with E-state index in [0.717, 1.165) is 24.2 Å². The Balaban J connectivity index is 2.73. The number of carbonyl (C=O) groups is 1. The van der Waals surface area contributed by atoms with E-state index >= 15 is 0 Å². The van der Waals surface area contributed by atoms with Gasteiger partial charge in [0.1, 0.15) is 0 Å². The quantitative estimate of drug-likeness (QED) is 0.865. The van der Waals surface area contributed by atoms with E-state index in [0.29, 0.717) is 11.6 Å². The highest BCUT2D eigenvalue weighted by Gasteiger charge is 2.21. The molecule has 1 heterocycles. The van der Waals surface area contributed by atoms with E-state index in [1.165, 1.54) is 16.7 Å². The van der Waals surface area contributed by atoms with Crippen LogP contribution < -0.4 is 5.73 Å². The lowest BCUT2D eigenvalue weighted by Gasteiger charge is -2.22. The zero-order valence-electron chi connectivity index (χ0n) is 14.2. The Hall–Kier alpha value is -2.03. The summed E-state index contributed by atoms with van der Waals surface area (Å²) in [5.41, 5.74) is 11.9. The van der Waals surface area contributed by atoms with E-state index in [-0.39, 0.29) is 5.91 Å². The monoisotopic (exact) mass is 298 g/mol. The summed E-state index contributed by atoms with van der Waals surface area (Å²) >= 11 is 0. The van der Waals surface area contributed by atoms with Crippen molar-refractivity contribution in [1.29, 1.82) is 0 Å². The molecular weight excluding hydrogens is 272 g/mol. The average Bonchev–Trinajstić information content (AvgIpc) is 2.79. The van der Waals surface area contributed by atoms with Crippen LogP contribution in [0.5, 0.6) is 0 Å². The van der Waals surface area contributed by atoms with Crippen molar-refractivity contribution in [2.75, 3.05) is 0 Å². The molecule has 0 aliphatic rings. The normalized spacial score (nSPS) is 11.2. The summed E-state index contributed by atoms with van der Waals surface area (Å²) in [4.78, 5) is 11.8. The van der Waals surface area contributed by atoms with E-state index in [1.54, 1.807) is 0 Å². The van der Waals surface area contributed by atoms with Crippen molar-refractivity contribution in [1.82, 2.24) is 4.57 Å². The molecule has 0 atom stereocenters. The second-order valence-corrected chi connectivity index (χ2v) is 6.05. The predicted molar refractivity (Wildman–Crippen MR) is 92.2 cm³/mol. The highest BCUT2D eigenvalue weighted by atomic mass is 16.1. The van der Waals surface area contributed by atoms with Crippen molar-refractivity contribution in [2.45, 2.75) is 53.5 Å². The lowest BCUT2D eigenvalue weighted by atomic mass is 10.0. The molecule has 2 aromatic rings. The Morgan fingerprint density at radius 3 is 2.27 bits per heavy atom. The van der Waals surface area contributed by atoms with Crippen LogP contribution in [-0.4, -0.2) is 10.5 Å². The van der Waals surface area contributed by atoms with Crippen LogP contribution in [-0.2, 0) is 0 Å². The standard InChI is InChI=1S/C19H26N2O/c1-6-15(7-2)21-14(5)17(19(20)22)11-18(21)16-9-8-12(3)10-13(16)4/h8-11,15H,6-7H2,1-5H3,(H2,20,22). The van der Waals surface area contributed by atoms with Gasteiger partial charge in [0.25, 0.3) is 5.91 Å². The number of hydrogen-bond acceptors (Lipinski definition) is 1. The van der Waals surface area contributed by atoms with Crippen molar-refractivity contribution in [3.63, 3.8) is 0 Å². The van der Waals surface area contributed by atoms with Gasteiger partial charge in [-0.3, -0.25) is 4.79 Å². The summed E-state index contributed by atoms with van der Waals surface area (Å²) in [7, 11) is 0. The topological polar surface area (TPSA) is 48.0 Å². The first-order valence-electron chi connectivity index (χ1n) is 7.99. The molecule has 1 amide bonds. The molecule has 0 unspecified atom stereocenters. The molecule has 3 heteroatoms. The first-order valence-corrected chi connectivity index (χ1v) is 7.99. The van der Waals surface area contributed by atoms with Crippen molar-refractivity contribution in [3.8, 4) is 11.3 Å². The molecule has 0 fully saturated rings. The molecule has 0 spiro atoms. The van der Waals surface area contributed by atoms with E-state index in [9.17, 15) is 4.79 Å². The summed E-state index contributed by atoms with van der Waals surface area (Å²) in [6, 6.07) is 8.77. The highest BCUT2D eigenvalue weighted by Crippen LogP contribution is 2.33. The number of aryl methyl sites for hydroxylation is 2. The average molecular weight is 298 g/mol. The minimum absolute atomic E-state index is 0.353. The molecule has 0 bridgehead atoms. The van der Waals surface area contributed by atoms with E-state index in [1.807, 2.05) is 13.0 Å². The maximum atomic E-state index is 11.8. The maximum Gasteiger partial charge on any atom is 0.250 e. The van der Waals surface area contributed by atoms with Crippen molar-refractivity contribution < 1.29 is 4.79 Å². The summed E-state index contributed by atoms with van der Waals surface area (Å²) in [6.45, 7) is 10.6. The molecule has 0 aliphatic heterocycles. The fourth-order valence-electron chi connectivity index (χ4n) is 3.30. The van der Waals surface area contributed by atoms with Gasteiger partial charge in [0.2, 0.25) is 0 Å². The second kappa shape index (κ2) is 6.39. The number of carbonyl (C=O) groups excluding carboxylic acids is 1. The second-order valence-electron chi connectivity index (χ2n) is 6.05. The number of nitrogens with two attached hydrogens (primary N) is 1. The molecule has 3 nitrogen and oxygen atoms in total. The summed E-state index contributed by atoms with van der Waals surface area (Å²) < 4.78 is 2.29. The van der Waals surface area contributed by atoms with Crippen LogP contribution in [0.1, 0.15) is 59.9 Å². The third-order valence-corrected chi connectivity index (χ3v) is 4.52. The minimum atomic E-state index is -0.353. The number of primary amides is 1. The van der Waals surface area contributed by atoms with Crippen LogP contribution >= 0.6 is 0 Å². The molecule has 22 heavy (non-hydrogen) atoms. The molecule has 118 valence electrons. The number of aromatic nitrogens is 1. The van der Waals surface area contributed by atoms with Crippen molar-refractivity contribution >= 4 is 5.91 Å². The number of amides is 1. The van der Waals surface area contributed by atoms with Gasteiger partial charge in [0, 0.05) is 23.0 Å². The first-order chi connectivity index (χ1) is 10.4. The number of rotatable bonds is 5. The van der Waals surface area contributed by atoms with Gasteiger partial charge in [0.05, 0.1) is 5.56 Å². The Kier molecular flexibility index (Phi) is 4.74. The highest BCUT2D eigenvalue weighted by molar-refractivity contribution is 5.95. The molecule has 1 aromatic carbocycles. The van der Waals surface area contributed by atoms with Gasteiger partial charge in [-0.2, -0.15) is 0 Å². The number of hydrogen-bond donors (Lipinski definition) is 1. The van der Waals surface area contributed by atoms with Crippen LogP contribution in [0.3, 0.4) is 0 Å². The van der Waals surface area contributed by atoms with Gasteiger partial charge >= 0.3 is 0 Å². The largest absolute Gasteiger partial charge is 0.366 e. The van der Waals surface area contributed by atoms with Gasteiger partial charge in [-0.05, 0) is 45.2 Å². The fourth-order valence-corrected chi connectivity index (χ4v) is 3.30. The smallest absolute Gasteiger partial charge is 0.250 e. The number of nitrogens with zero attached hydrogens (tertiary/aromatic N) is 1. The molecule has 2 rings (SSSR count). The molecule has 0 radical (unpaired) electrons. The Bertz CT molecular complexity index is 694. The summed E-state index contributed by atoms with van der Waals surface area (Å²) in [6.07, 6.45) is 2.06. The maximum absolute atomic E-state index is 11.8. The Morgan fingerprint density at radius 1 is 1.14 bits per heavy atom. The summed E-state index contributed by atoms with van der Waals surface area (Å²) in [5.74, 6) is -0.353. The zero-order chi connectivity index (χ0) is 16.4. The molecular formula is C19H26N2O. The summed E-state index contributed by atoms with van der Waals surface area (Å²) in [5, 5.41) is 0. The SMILES string of the molecule is CCC(CC)n1c(-c2ccc(C)cc2C)cc(C(N)=O)c1C. The van der Waals surface area contributed by atoms with Gasteiger partial charge < -0.3 is 10.3 Å². The van der Waals surface area contributed by atoms with E-state index in [2.05, 4.69) is 50.5 Å². The predicted octanol–water partition coefficient (Wildman–Crippen LogP) is 4.54. The molecule has 1 aromatic heterocycles. The fraction of sp³-hybridized carbons (Fsp3) is 0.421. The van der Waals surface area contributed by atoms with Crippen molar-refractivity contribution in [2.24, 2.45) is 5.73 Å². The van der Waals surface area contributed by atoms with Crippen molar-refractivity contribution in [3.05, 3.63) is 46.6 Å². The van der Waals surface area contributed by atoms with E-state index < -0.39 is 0 Å². The minimum Gasteiger partial charge on any atom is -0.366 e. The third-order valence-electron chi connectivity index (χ3n) is 4.52. The molecule has 0 saturated carbocycles. The third kappa shape index (κ3) is 2.80.